The summed E-state index contributed by atoms with van der Waals surface area (Å²) in [5, 5.41) is 0. The Morgan fingerprint density at radius 3 is 2.46 bits per heavy atom. The average molecular weight is 503 g/mol. The highest BCUT2D eigenvalue weighted by Gasteiger charge is 2.25. The number of ketones is 1. The number of carbonyl (C=O) groups excluding carboxylic acids is 2. The molecule has 0 saturated heterocycles. The Morgan fingerprint density at radius 2 is 1.73 bits per heavy atom. The number of hydrogen-bond donors (Lipinski definition) is 0. The van der Waals surface area contributed by atoms with Gasteiger partial charge in [-0.3, -0.25) is 9.59 Å². The summed E-state index contributed by atoms with van der Waals surface area (Å²) in [7, 11) is 0. The van der Waals surface area contributed by atoms with Gasteiger partial charge >= 0.3 is 6.09 Å². The summed E-state index contributed by atoms with van der Waals surface area (Å²) in [6.45, 7) is 1.75. The van der Waals surface area contributed by atoms with Crippen LogP contribution >= 0.6 is 0 Å². The SMILES string of the molecule is CCOC(=O)N=Cc1cc(=O)c(OCc2ccccc2)c(C(=O)c2ccc(Cc3ccc(F)cc3)o2)o1. The fraction of sp³-hybridized carbons (Fsp3) is 0.143. The molecule has 0 saturated carbocycles. The summed E-state index contributed by atoms with van der Waals surface area (Å²) in [5.41, 5.74) is 0.909. The van der Waals surface area contributed by atoms with E-state index in [-0.39, 0.29) is 36.3 Å². The van der Waals surface area contributed by atoms with Crippen molar-refractivity contribution in [2.45, 2.75) is 20.0 Å². The van der Waals surface area contributed by atoms with Gasteiger partial charge in [0.15, 0.2) is 5.76 Å². The molecule has 8 nitrogen and oxygen atoms in total. The first-order chi connectivity index (χ1) is 17.9. The minimum atomic E-state index is -0.876. The molecule has 0 aliphatic carbocycles. The van der Waals surface area contributed by atoms with E-state index in [0.717, 1.165) is 23.4 Å². The lowest BCUT2D eigenvalue weighted by atomic mass is 10.1. The molecule has 0 bridgehead atoms. The maximum absolute atomic E-state index is 13.3. The normalized spacial score (nSPS) is 11.0. The number of halogens is 1. The Morgan fingerprint density at radius 1 is 0.973 bits per heavy atom. The van der Waals surface area contributed by atoms with Crippen molar-refractivity contribution in [3.8, 4) is 5.75 Å². The number of hydrogen-bond acceptors (Lipinski definition) is 7. The van der Waals surface area contributed by atoms with Crippen LogP contribution in [0.3, 0.4) is 0 Å². The lowest BCUT2D eigenvalue weighted by Crippen LogP contribution is -2.15. The summed E-state index contributed by atoms with van der Waals surface area (Å²) in [6, 6.07) is 19.1. The zero-order chi connectivity index (χ0) is 26.2. The molecule has 4 rings (SSSR count). The van der Waals surface area contributed by atoms with E-state index in [1.807, 2.05) is 18.2 Å². The van der Waals surface area contributed by atoms with E-state index >= 15 is 0 Å². The zero-order valence-corrected chi connectivity index (χ0v) is 19.8. The van der Waals surface area contributed by atoms with Crippen molar-refractivity contribution >= 4 is 18.1 Å². The predicted octanol–water partition coefficient (Wildman–Crippen LogP) is 5.35. The number of amides is 1. The van der Waals surface area contributed by atoms with Gasteiger partial charge in [0.25, 0.3) is 5.78 Å². The summed E-state index contributed by atoms with van der Waals surface area (Å²) in [5.74, 6) is -1.60. The first kappa shape index (κ1) is 25.3. The van der Waals surface area contributed by atoms with Crippen LogP contribution in [-0.4, -0.2) is 24.7 Å². The van der Waals surface area contributed by atoms with E-state index in [0.29, 0.717) is 12.2 Å². The maximum atomic E-state index is 13.3. The van der Waals surface area contributed by atoms with E-state index < -0.39 is 23.1 Å². The number of carbonyl (C=O) groups is 2. The second-order valence-corrected chi connectivity index (χ2v) is 7.80. The van der Waals surface area contributed by atoms with Crippen LogP contribution in [0.2, 0.25) is 0 Å². The Labute approximate surface area is 211 Å². The van der Waals surface area contributed by atoms with Crippen molar-refractivity contribution in [3.63, 3.8) is 0 Å². The molecule has 0 aliphatic rings. The van der Waals surface area contributed by atoms with Crippen molar-refractivity contribution in [3.05, 3.63) is 123 Å². The van der Waals surface area contributed by atoms with Gasteiger partial charge < -0.3 is 18.3 Å². The largest absolute Gasteiger partial charge is 0.481 e. The Kier molecular flexibility index (Phi) is 8.05. The van der Waals surface area contributed by atoms with Crippen LogP contribution in [0, 0.1) is 5.82 Å². The summed E-state index contributed by atoms with van der Waals surface area (Å²) in [4.78, 5) is 41.4. The number of nitrogens with zero attached hydrogens (tertiary/aromatic N) is 1. The molecule has 0 unspecified atom stereocenters. The van der Waals surface area contributed by atoms with Gasteiger partial charge in [-0.05, 0) is 42.3 Å². The van der Waals surface area contributed by atoms with Crippen molar-refractivity contribution in [2.75, 3.05) is 6.61 Å². The highest BCUT2D eigenvalue weighted by molar-refractivity contribution is 6.07. The molecule has 37 heavy (non-hydrogen) atoms. The third-order valence-corrected chi connectivity index (χ3v) is 5.10. The Balaban J connectivity index is 1.64. The van der Waals surface area contributed by atoms with Gasteiger partial charge in [-0.2, -0.15) is 4.99 Å². The highest BCUT2D eigenvalue weighted by Crippen LogP contribution is 2.23. The fourth-order valence-electron chi connectivity index (χ4n) is 3.37. The molecule has 0 spiro atoms. The minimum absolute atomic E-state index is 0.0100. The van der Waals surface area contributed by atoms with E-state index in [1.165, 1.54) is 18.2 Å². The van der Waals surface area contributed by atoms with Gasteiger partial charge in [0.1, 0.15) is 23.9 Å². The van der Waals surface area contributed by atoms with Crippen LogP contribution in [0.15, 0.2) is 91.4 Å². The lowest BCUT2D eigenvalue weighted by molar-refractivity contribution is 0.0970. The molecule has 0 atom stereocenters. The zero-order valence-electron chi connectivity index (χ0n) is 19.8. The summed E-state index contributed by atoms with van der Waals surface area (Å²) in [6.07, 6.45) is 0.430. The third-order valence-electron chi connectivity index (χ3n) is 5.10. The summed E-state index contributed by atoms with van der Waals surface area (Å²) >= 11 is 0. The van der Waals surface area contributed by atoms with Crippen LogP contribution in [0.4, 0.5) is 9.18 Å². The van der Waals surface area contributed by atoms with Crippen molar-refractivity contribution in [1.82, 2.24) is 0 Å². The van der Waals surface area contributed by atoms with Gasteiger partial charge in [-0.1, -0.05) is 42.5 Å². The number of rotatable bonds is 9. The second kappa shape index (κ2) is 11.8. The number of furan rings is 1. The van der Waals surface area contributed by atoms with E-state index in [2.05, 4.69) is 4.99 Å². The molecule has 4 aromatic rings. The van der Waals surface area contributed by atoms with E-state index in [4.69, 9.17) is 18.3 Å². The van der Waals surface area contributed by atoms with Crippen molar-refractivity contribution in [1.29, 1.82) is 0 Å². The molecule has 2 aromatic carbocycles. The second-order valence-electron chi connectivity index (χ2n) is 7.80. The van der Waals surface area contributed by atoms with Crippen LogP contribution in [-0.2, 0) is 17.8 Å². The Bertz CT molecular complexity index is 1470. The van der Waals surface area contributed by atoms with Gasteiger partial charge in [0.05, 0.1) is 12.8 Å². The lowest BCUT2D eigenvalue weighted by Gasteiger charge is -2.09. The number of benzene rings is 2. The molecule has 1 amide bonds. The standard InChI is InChI=1S/C28H22FNO7/c1-2-34-28(33)30-16-22-15-23(31)26(35-17-19-6-4-3-5-7-19)27(37-22)25(32)24-13-12-21(36-24)14-18-8-10-20(29)11-9-18/h3-13,15-16H,2,14,17H2,1H3. The minimum Gasteiger partial charge on any atom is -0.481 e. The predicted molar refractivity (Wildman–Crippen MR) is 132 cm³/mol. The van der Waals surface area contributed by atoms with Crippen LogP contribution in [0.5, 0.6) is 5.75 Å². The van der Waals surface area contributed by atoms with Gasteiger partial charge in [-0.25, -0.2) is 9.18 Å². The number of ether oxygens (including phenoxy) is 2. The van der Waals surface area contributed by atoms with E-state index in [9.17, 15) is 18.8 Å². The topological polar surface area (TPSA) is 108 Å². The molecule has 9 heteroatoms. The molecule has 2 aromatic heterocycles. The Hall–Kier alpha value is -4.79. The quantitative estimate of drug-likeness (QED) is 0.224. The smallest absolute Gasteiger partial charge is 0.433 e. The molecule has 0 aliphatic heterocycles. The molecule has 0 N–H and O–H groups in total. The summed E-state index contributed by atoms with van der Waals surface area (Å²) < 4.78 is 34.9. The van der Waals surface area contributed by atoms with Crippen molar-refractivity contribution in [2.24, 2.45) is 4.99 Å². The molecular formula is C28H22FNO7. The van der Waals surface area contributed by atoms with Gasteiger partial charge in [0, 0.05) is 12.5 Å². The monoisotopic (exact) mass is 503 g/mol. The first-order valence-corrected chi connectivity index (χ1v) is 11.4. The van der Waals surface area contributed by atoms with Gasteiger partial charge in [-0.15, -0.1) is 0 Å². The van der Waals surface area contributed by atoms with Gasteiger partial charge in [0.2, 0.25) is 16.9 Å². The maximum Gasteiger partial charge on any atom is 0.433 e. The molecular weight excluding hydrogens is 481 g/mol. The molecule has 2 heterocycles. The average Bonchev–Trinajstić information content (AvgIpc) is 3.37. The van der Waals surface area contributed by atoms with Crippen LogP contribution in [0.25, 0.3) is 0 Å². The number of aliphatic imine (C=N–C) groups is 1. The third kappa shape index (κ3) is 6.66. The first-order valence-electron chi connectivity index (χ1n) is 11.4. The molecule has 0 fully saturated rings. The fourth-order valence-corrected chi connectivity index (χ4v) is 3.37. The highest BCUT2D eigenvalue weighted by atomic mass is 19.1. The molecule has 188 valence electrons. The molecule has 0 radical (unpaired) electrons. The van der Waals surface area contributed by atoms with E-state index in [1.54, 1.807) is 37.3 Å². The van der Waals surface area contributed by atoms with Crippen LogP contribution in [0.1, 0.15) is 45.9 Å². The van der Waals surface area contributed by atoms with Crippen LogP contribution < -0.4 is 10.2 Å². The van der Waals surface area contributed by atoms with Crippen molar-refractivity contribution < 1.29 is 32.3 Å².